The van der Waals surface area contributed by atoms with E-state index in [1.54, 1.807) is 0 Å². The number of carbonyl (C=O) groups excluding carboxylic acids is 1. The Morgan fingerprint density at radius 2 is 1.75 bits per heavy atom. The quantitative estimate of drug-likeness (QED) is 0.768. The summed E-state index contributed by atoms with van der Waals surface area (Å²) in [4.78, 5) is 11.8. The van der Waals surface area contributed by atoms with Crippen LogP contribution in [0.4, 0.5) is 5.69 Å². The molecule has 0 unspecified atom stereocenters. The normalized spacial score (nSPS) is 10.7. The second kappa shape index (κ2) is 8.46. The highest BCUT2D eigenvalue weighted by atomic mass is 16.5. The minimum absolute atomic E-state index is 0.0289. The van der Waals surface area contributed by atoms with Crippen molar-refractivity contribution in [2.75, 3.05) is 11.9 Å². The number of hydrogen-bond acceptors (Lipinski definition) is 3. The van der Waals surface area contributed by atoms with Gasteiger partial charge in [0.05, 0.1) is 12.6 Å². The van der Waals surface area contributed by atoms with Crippen molar-refractivity contribution in [2.45, 2.75) is 52.7 Å². The summed E-state index contributed by atoms with van der Waals surface area (Å²) in [6.45, 7) is 8.44. The molecule has 0 bridgehead atoms. The molecule has 0 aromatic heterocycles. The minimum atomic E-state index is 0.0289. The lowest BCUT2D eigenvalue weighted by molar-refractivity contribution is -0.120. The molecule has 0 saturated heterocycles. The molecule has 112 valence electrons. The SMILES string of the molecule is CCC(CC)NC(=O)CNc1ccc(OC(C)C)cc1. The molecule has 0 atom stereocenters. The van der Waals surface area contributed by atoms with Crippen molar-refractivity contribution >= 4 is 11.6 Å². The fourth-order valence-corrected chi connectivity index (χ4v) is 1.88. The highest BCUT2D eigenvalue weighted by Crippen LogP contribution is 2.16. The van der Waals surface area contributed by atoms with Gasteiger partial charge in [-0.05, 0) is 51.0 Å². The first-order chi connectivity index (χ1) is 9.55. The van der Waals surface area contributed by atoms with E-state index in [0.717, 1.165) is 24.3 Å². The monoisotopic (exact) mass is 278 g/mol. The predicted octanol–water partition coefficient (Wildman–Crippen LogP) is 3.19. The molecule has 0 radical (unpaired) electrons. The largest absolute Gasteiger partial charge is 0.491 e. The minimum Gasteiger partial charge on any atom is -0.491 e. The molecule has 0 aliphatic rings. The molecule has 4 nitrogen and oxygen atoms in total. The number of carbonyl (C=O) groups is 1. The summed E-state index contributed by atoms with van der Waals surface area (Å²) in [5.74, 6) is 0.869. The Balaban J connectivity index is 2.39. The van der Waals surface area contributed by atoms with Crippen LogP contribution in [0.3, 0.4) is 0 Å². The van der Waals surface area contributed by atoms with Crippen molar-refractivity contribution in [3.63, 3.8) is 0 Å². The van der Waals surface area contributed by atoms with Gasteiger partial charge in [0.2, 0.25) is 5.91 Å². The molecule has 20 heavy (non-hydrogen) atoms. The van der Waals surface area contributed by atoms with Gasteiger partial charge < -0.3 is 15.4 Å². The van der Waals surface area contributed by atoms with E-state index in [1.807, 2.05) is 38.1 Å². The van der Waals surface area contributed by atoms with Crippen LogP contribution in [0.25, 0.3) is 0 Å². The highest BCUT2D eigenvalue weighted by molar-refractivity contribution is 5.80. The summed E-state index contributed by atoms with van der Waals surface area (Å²) in [6, 6.07) is 7.91. The number of rotatable bonds is 8. The van der Waals surface area contributed by atoms with Crippen LogP contribution in [-0.2, 0) is 4.79 Å². The van der Waals surface area contributed by atoms with E-state index in [1.165, 1.54) is 0 Å². The van der Waals surface area contributed by atoms with E-state index in [-0.39, 0.29) is 18.1 Å². The number of ether oxygens (including phenoxy) is 1. The van der Waals surface area contributed by atoms with E-state index in [0.29, 0.717) is 6.54 Å². The van der Waals surface area contributed by atoms with E-state index in [9.17, 15) is 4.79 Å². The zero-order valence-corrected chi connectivity index (χ0v) is 12.9. The van der Waals surface area contributed by atoms with Crippen molar-refractivity contribution in [3.05, 3.63) is 24.3 Å². The Hall–Kier alpha value is -1.71. The topological polar surface area (TPSA) is 50.4 Å². The lowest BCUT2D eigenvalue weighted by Gasteiger charge is -2.15. The lowest BCUT2D eigenvalue weighted by Crippen LogP contribution is -2.37. The van der Waals surface area contributed by atoms with E-state index in [4.69, 9.17) is 4.74 Å². The first-order valence-corrected chi connectivity index (χ1v) is 7.35. The zero-order valence-electron chi connectivity index (χ0n) is 12.9. The molecule has 1 aromatic carbocycles. The Bertz CT molecular complexity index is 397. The van der Waals surface area contributed by atoms with Gasteiger partial charge in [0.1, 0.15) is 5.75 Å². The molecule has 1 amide bonds. The maximum absolute atomic E-state index is 11.8. The third-order valence-electron chi connectivity index (χ3n) is 3.03. The fraction of sp³-hybridized carbons (Fsp3) is 0.562. The van der Waals surface area contributed by atoms with Crippen LogP contribution in [0.15, 0.2) is 24.3 Å². The second-order valence-corrected chi connectivity index (χ2v) is 5.13. The number of amides is 1. The second-order valence-electron chi connectivity index (χ2n) is 5.13. The molecule has 1 aromatic rings. The Labute approximate surface area is 121 Å². The van der Waals surface area contributed by atoms with Gasteiger partial charge in [-0.2, -0.15) is 0 Å². The number of benzene rings is 1. The van der Waals surface area contributed by atoms with Crippen LogP contribution in [0.2, 0.25) is 0 Å². The van der Waals surface area contributed by atoms with Gasteiger partial charge in [0, 0.05) is 11.7 Å². The van der Waals surface area contributed by atoms with Gasteiger partial charge in [-0.15, -0.1) is 0 Å². The third kappa shape index (κ3) is 5.95. The van der Waals surface area contributed by atoms with Crippen molar-refractivity contribution < 1.29 is 9.53 Å². The van der Waals surface area contributed by atoms with Crippen molar-refractivity contribution in [1.82, 2.24) is 5.32 Å². The summed E-state index contributed by atoms with van der Waals surface area (Å²) >= 11 is 0. The van der Waals surface area contributed by atoms with E-state index >= 15 is 0 Å². The van der Waals surface area contributed by atoms with Crippen LogP contribution in [0.5, 0.6) is 5.75 Å². The average Bonchev–Trinajstić information content (AvgIpc) is 2.43. The smallest absolute Gasteiger partial charge is 0.239 e. The van der Waals surface area contributed by atoms with Gasteiger partial charge in [-0.1, -0.05) is 13.8 Å². The summed E-state index contributed by atoms with van der Waals surface area (Å²) in [5.41, 5.74) is 0.917. The summed E-state index contributed by atoms with van der Waals surface area (Å²) in [6.07, 6.45) is 2.09. The van der Waals surface area contributed by atoms with E-state index in [2.05, 4.69) is 24.5 Å². The molecule has 0 saturated carbocycles. The molecular weight excluding hydrogens is 252 g/mol. The van der Waals surface area contributed by atoms with Crippen molar-refractivity contribution in [2.24, 2.45) is 0 Å². The maximum atomic E-state index is 11.8. The Morgan fingerprint density at radius 1 is 1.15 bits per heavy atom. The third-order valence-corrected chi connectivity index (χ3v) is 3.03. The molecule has 4 heteroatoms. The van der Waals surface area contributed by atoms with Gasteiger partial charge >= 0.3 is 0 Å². The predicted molar refractivity (Wildman–Crippen MR) is 83.2 cm³/mol. The first-order valence-electron chi connectivity index (χ1n) is 7.35. The first kappa shape index (κ1) is 16.3. The lowest BCUT2D eigenvalue weighted by atomic mass is 10.2. The molecular formula is C16H26N2O2. The van der Waals surface area contributed by atoms with Crippen LogP contribution in [0, 0.1) is 0 Å². The van der Waals surface area contributed by atoms with Crippen LogP contribution in [0.1, 0.15) is 40.5 Å². The molecule has 0 aliphatic heterocycles. The Morgan fingerprint density at radius 3 is 2.25 bits per heavy atom. The Kier molecular flexibility index (Phi) is 6.91. The fourth-order valence-electron chi connectivity index (χ4n) is 1.88. The molecule has 0 aliphatic carbocycles. The van der Waals surface area contributed by atoms with Crippen LogP contribution in [-0.4, -0.2) is 24.6 Å². The van der Waals surface area contributed by atoms with Crippen molar-refractivity contribution in [1.29, 1.82) is 0 Å². The zero-order chi connectivity index (χ0) is 15.0. The standard InChI is InChI=1S/C16H26N2O2/c1-5-13(6-2)18-16(19)11-17-14-7-9-15(10-8-14)20-12(3)4/h7-10,12-13,17H,5-6,11H2,1-4H3,(H,18,19). The summed E-state index contributed by atoms with van der Waals surface area (Å²) < 4.78 is 5.57. The summed E-state index contributed by atoms with van der Waals surface area (Å²) in [7, 11) is 0. The van der Waals surface area contributed by atoms with Gasteiger partial charge in [-0.25, -0.2) is 0 Å². The maximum Gasteiger partial charge on any atom is 0.239 e. The molecule has 2 N–H and O–H groups in total. The van der Waals surface area contributed by atoms with Crippen LogP contribution >= 0.6 is 0 Å². The highest BCUT2D eigenvalue weighted by Gasteiger charge is 2.07. The van der Waals surface area contributed by atoms with Crippen molar-refractivity contribution in [3.8, 4) is 5.75 Å². The van der Waals surface area contributed by atoms with Gasteiger partial charge in [0.15, 0.2) is 0 Å². The summed E-state index contributed by atoms with van der Waals surface area (Å²) in [5, 5.41) is 6.11. The number of anilines is 1. The average molecular weight is 278 g/mol. The molecule has 0 spiro atoms. The molecule has 0 heterocycles. The van der Waals surface area contributed by atoms with Crippen LogP contribution < -0.4 is 15.4 Å². The number of hydrogen-bond donors (Lipinski definition) is 2. The number of nitrogens with one attached hydrogen (secondary N) is 2. The van der Waals surface area contributed by atoms with E-state index < -0.39 is 0 Å². The van der Waals surface area contributed by atoms with Gasteiger partial charge in [-0.3, -0.25) is 4.79 Å². The molecule has 0 fully saturated rings. The van der Waals surface area contributed by atoms with Gasteiger partial charge in [0.25, 0.3) is 0 Å². The molecule has 1 rings (SSSR count).